The molecule has 0 saturated heterocycles. The van der Waals surface area contributed by atoms with Gasteiger partial charge in [-0.05, 0) is 24.6 Å². The molecule has 1 amide bonds. The maximum absolute atomic E-state index is 12.2. The highest BCUT2D eigenvalue weighted by Crippen LogP contribution is 2.29. The molecule has 3 rings (SSSR count). The summed E-state index contributed by atoms with van der Waals surface area (Å²) < 4.78 is 31.2. The largest absolute Gasteiger partial charge is 0.505 e. The molecule has 9 nitrogen and oxygen atoms in total. The second-order valence-electron chi connectivity index (χ2n) is 6.55. The number of amides is 1. The van der Waals surface area contributed by atoms with Crippen LogP contribution in [-0.2, 0) is 10.2 Å². The van der Waals surface area contributed by atoms with E-state index in [9.17, 15) is 18.3 Å². The number of aromatic hydroxyl groups is 1. The first-order valence-electron chi connectivity index (χ1n) is 8.96. The lowest BCUT2D eigenvalue weighted by molar-refractivity contribution is 0.0824. The fraction of sp³-hybridized carbons (Fsp3) is 0.150. The van der Waals surface area contributed by atoms with Crippen molar-refractivity contribution in [1.29, 1.82) is 0 Å². The minimum absolute atomic E-state index is 0.0318. The van der Waals surface area contributed by atoms with E-state index in [2.05, 4.69) is 19.4 Å². The first-order chi connectivity index (χ1) is 14.2. The topological polar surface area (TPSA) is 123 Å². The van der Waals surface area contributed by atoms with Gasteiger partial charge in [0.2, 0.25) is 0 Å². The summed E-state index contributed by atoms with van der Waals surface area (Å²) in [5, 5.41) is 16.2. The predicted molar refractivity (Wildman–Crippen MR) is 117 cm³/mol. The van der Waals surface area contributed by atoms with Crippen molar-refractivity contribution in [2.45, 2.75) is 6.92 Å². The Labute approximate surface area is 174 Å². The van der Waals surface area contributed by atoms with Crippen LogP contribution < -0.4 is 10.6 Å². The van der Waals surface area contributed by atoms with Crippen molar-refractivity contribution in [1.82, 2.24) is 10.2 Å². The molecule has 1 aliphatic heterocycles. The number of carbonyl (C=O) groups excluding carboxylic acids is 1. The number of hydrogen-bond donors (Lipinski definition) is 3. The second kappa shape index (κ2) is 8.37. The van der Waals surface area contributed by atoms with Gasteiger partial charge in [-0.15, -0.1) is 8.80 Å². The Morgan fingerprint density at radius 1 is 1.03 bits per heavy atom. The van der Waals surface area contributed by atoms with Crippen molar-refractivity contribution in [3.63, 3.8) is 0 Å². The third-order valence-electron chi connectivity index (χ3n) is 4.19. The number of nitrogens with zero attached hydrogens (tertiary/aromatic N) is 3. The van der Waals surface area contributed by atoms with Crippen LogP contribution in [0.2, 0.25) is 0 Å². The summed E-state index contributed by atoms with van der Waals surface area (Å²) in [6.45, 7) is 1.80. The zero-order chi connectivity index (χ0) is 21.9. The van der Waals surface area contributed by atoms with Crippen molar-refractivity contribution in [3.05, 3.63) is 65.7 Å². The molecule has 0 aromatic heterocycles. The average Bonchev–Trinajstić information content (AvgIpc) is 3.00. The summed E-state index contributed by atoms with van der Waals surface area (Å²) in [4.78, 5) is 13.6. The fourth-order valence-electron chi connectivity index (χ4n) is 2.74. The molecule has 3 N–H and O–H groups in total. The van der Waals surface area contributed by atoms with Crippen LogP contribution in [0.1, 0.15) is 22.8 Å². The Kier molecular flexibility index (Phi) is 5.88. The monoisotopic (exact) mass is 427 g/mol. The molecule has 2 aromatic rings. The molecule has 1 heterocycles. The zero-order valence-electron chi connectivity index (χ0n) is 16.6. The van der Waals surface area contributed by atoms with Gasteiger partial charge in [-0.2, -0.15) is 8.42 Å². The van der Waals surface area contributed by atoms with E-state index >= 15 is 0 Å². The van der Waals surface area contributed by atoms with Crippen LogP contribution in [0.3, 0.4) is 0 Å². The third kappa shape index (κ3) is 4.49. The van der Waals surface area contributed by atoms with Gasteiger partial charge >= 0.3 is 10.2 Å². The Bertz CT molecular complexity index is 1170. The molecule has 1 aliphatic rings. The van der Waals surface area contributed by atoms with E-state index in [4.69, 9.17) is 0 Å². The van der Waals surface area contributed by atoms with E-state index in [0.717, 1.165) is 5.56 Å². The number of phenolic OH excluding ortho intramolecular Hbond substituents is 1. The molecule has 30 heavy (non-hydrogen) atoms. The number of allylic oxidation sites excluding steroid dienone is 1. The van der Waals surface area contributed by atoms with E-state index in [0.29, 0.717) is 5.70 Å². The van der Waals surface area contributed by atoms with Crippen LogP contribution in [-0.4, -0.2) is 50.1 Å². The van der Waals surface area contributed by atoms with Crippen molar-refractivity contribution >= 4 is 39.2 Å². The summed E-state index contributed by atoms with van der Waals surface area (Å²) >= 11 is 0. The molecule has 0 atom stereocenters. The number of benzene rings is 2. The molecule has 10 heteroatoms. The molecule has 0 radical (unpaired) electrons. The number of hydrogen-bond acceptors (Lipinski definition) is 6. The van der Waals surface area contributed by atoms with Crippen LogP contribution in [0.5, 0.6) is 5.75 Å². The first-order valence-corrected chi connectivity index (χ1v) is 10.4. The van der Waals surface area contributed by atoms with Crippen LogP contribution in [0, 0.1) is 0 Å². The lowest BCUT2D eigenvalue weighted by Crippen LogP contribution is -2.33. The van der Waals surface area contributed by atoms with Crippen LogP contribution in [0.15, 0.2) is 63.4 Å². The molecule has 0 unspecified atom stereocenters. The summed E-state index contributed by atoms with van der Waals surface area (Å²) in [5.41, 5.74) is 1.64. The van der Waals surface area contributed by atoms with Crippen molar-refractivity contribution < 1.29 is 18.3 Å². The first kappa shape index (κ1) is 21.1. The highest BCUT2D eigenvalue weighted by molar-refractivity contribution is 7.89. The van der Waals surface area contributed by atoms with Gasteiger partial charge in [-0.25, -0.2) is 0 Å². The summed E-state index contributed by atoms with van der Waals surface area (Å²) in [5.74, 6) is -0.855. The number of amidine groups is 2. The maximum atomic E-state index is 12.2. The molecule has 156 valence electrons. The smallest absolute Gasteiger partial charge is 0.367 e. The van der Waals surface area contributed by atoms with Gasteiger partial charge < -0.3 is 20.6 Å². The van der Waals surface area contributed by atoms with Crippen LogP contribution in [0.25, 0.3) is 5.70 Å². The normalized spacial score (nSPS) is 15.2. The Morgan fingerprint density at radius 3 is 2.33 bits per heavy atom. The molecule has 0 spiro atoms. The SMILES string of the molecule is C/C=C(/NC1=NS(=O)(=O)N=C1Nc1cccc(C(=O)N(C)C)c1O)c1ccccc1. The van der Waals surface area contributed by atoms with E-state index < -0.39 is 16.1 Å². The van der Waals surface area contributed by atoms with E-state index in [1.807, 2.05) is 30.3 Å². The van der Waals surface area contributed by atoms with Crippen molar-refractivity contribution in [3.8, 4) is 5.75 Å². The van der Waals surface area contributed by atoms with Gasteiger partial charge in [0.15, 0.2) is 17.4 Å². The third-order valence-corrected chi connectivity index (χ3v) is 5.02. The van der Waals surface area contributed by atoms with E-state index in [1.165, 1.54) is 17.0 Å². The number of nitrogens with one attached hydrogen (secondary N) is 2. The Hall–Kier alpha value is -3.66. The lowest BCUT2D eigenvalue weighted by Gasteiger charge is -2.16. The van der Waals surface area contributed by atoms with Crippen LogP contribution >= 0.6 is 0 Å². The molecule has 2 aromatic carbocycles. The van der Waals surface area contributed by atoms with Gasteiger partial charge in [0.05, 0.1) is 11.3 Å². The predicted octanol–water partition coefficient (Wildman–Crippen LogP) is 2.21. The Morgan fingerprint density at radius 2 is 1.70 bits per heavy atom. The van der Waals surface area contributed by atoms with Crippen molar-refractivity contribution in [2.75, 3.05) is 19.4 Å². The van der Waals surface area contributed by atoms with Crippen LogP contribution in [0.4, 0.5) is 5.69 Å². The molecule has 0 saturated carbocycles. The van der Waals surface area contributed by atoms with Gasteiger partial charge in [-0.1, -0.05) is 42.5 Å². The number of rotatable bonds is 4. The standard InChI is InChI=1S/C20H21N5O4S/c1-4-15(13-9-6-5-7-10-13)21-18-19(24-30(28,29)23-18)22-16-12-8-11-14(17(16)26)20(27)25(2)3/h4-12,26H,1-3H3,(H,21,23)(H,22,24)/b15-4+. The van der Waals surface area contributed by atoms with Gasteiger partial charge in [-0.3, -0.25) is 4.79 Å². The molecule has 0 fully saturated rings. The van der Waals surface area contributed by atoms with E-state index in [-0.39, 0.29) is 28.7 Å². The highest BCUT2D eigenvalue weighted by atomic mass is 32.2. The fourth-order valence-corrected chi connectivity index (χ4v) is 3.51. The number of phenols is 1. The van der Waals surface area contributed by atoms with Gasteiger partial charge in [0, 0.05) is 19.8 Å². The Balaban J connectivity index is 1.92. The maximum Gasteiger partial charge on any atom is 0.367 e. The van der Waals surface area contributed by atoms with Gasteiger partial charge in [0.1, 0.15) is 0 Å². The summed E-state index contributed by atoms with van der Waals surface area (Å²) in [7, 11) is -0.963. The molecular weight excluding hydrogens is 406 g/mol. The number of carbonyl (C=O) groups is 1. The lowest BCUT2D eigenvalue weighted by atomic mass is 10.1. The second-order valence-corrected chi connectivity index (χ2v) is 7.81. The molecular formula is C20H21N5O4S. The quantitative estimate of drug-likeness (QED) is 0.643. The van der Waals surface area contributed by atoms with Gasteiger partial charge in [0.25, 0.3) is 5.91 Å². The highest BCUT2D eigenvalue weighted by Gasteiger charge is 2.27. The summed E-state index contributed by atoms with van der Waals surface area (Å²) in [6, 6.07) is 13.8. The van der Waals surface area contributed by atoms with Crippen molar-refractivity contribution in [2.24, 2.45) is 8.80 Å². The zero-order valence-corrected chi connectivity index (χ0v) is 17.4. The molecule has 0 bridgehead atoms. The minimum Gasteiger partial charge on any atom is -0.505 e. The van der Waals surface area contributed by atoms with E-state index in [1.54, 1.807) is 33.2 Å². The number of anilines is 1. The number of para-hydroxylation sites is 1. The molecule has 0 aliphatic carbocycles. The minimum atomic E-state index is -4.09. The average molecular weight is 427 g/mol. The summed E-state index contributed by atoms with van der Waals surface area (Å²) in [6.07, 6.45) is 1.77.